The Balaban J connectivity index is 0.000000278. The summed E-state index contributed by atoms with van der Waals surface area (Å²) < 4.78 is 88.6. The highest BCUT2D eigenvalue weighted by Crippen LogP contribution is 2.31. The van der Waals surface area contributed by atoms with E-state index in [1.807, 2.05) is 42.5 Å². The van der Waals surface area contributed by atoms with Gasteiger partial charge in [-0.1, -0.05) is 76.6 Å². The van der Waals surface area contributed by atoms with Crippen molar-refractivity contribution in [2.24, 2.45) is 0 Å². The third kappa shape index (κ3) is 9.82. The molecule has 0 bridgehead atoms. The fourth-order valence-electron chi connectivity index (χ4n) is 4.50. The fourth-order valence-corrected chi connectivity index (χ4v) is 4.50. The Kier molecular flexibility index (Phi) is 14.2. The third-order valence-electron chi connectivity index (χ3n) is 6.99. The van der Waals surface area contributed by atoms with Crippen LogP contribution in [0.1, 0.15) is 70.8 Å². The topological polar surface area (TPSA) is 27.7 Å². The van der Waals surface area contributed by atoms with Crippen molar-refractivity contribution >= 4 is 10.8 Å². The Bertz CT molecular complexity index is 1430. The first-order valence-corrected chi connectivity index (χ1v) is 14.9. The molecule has 0 N–H and O–H groups in total. The van der Waals surface area contributed by atoms with Crippen LogP contribution in [0.3, 0.4) is 0 Å². The van der Waals surface area contributed by atoms with Gasteiger partial charge < -0.3 is 9.47 Å². The quantitative estimate of drug-likeness (QED) is 0.0573. The van der Waals surface area contributed by atoms with Crippen LogP contribution in [0.2, 0.25) is 0 Å². The molecule has 4 aromatic rings. The largest absolute Gasteiger partial charge is 0.493 e. The molecule has 44 heavy (non-hydrogen) atoms. The summed E-state index contributed by atoms with van der Waals surface area (Å²) in [6.45, 7) is 5.43. The highest BCUT2D eigenvalue weighted by Gasteiger charge is 2.20. The molecule has 0 fully saturated rings. The number of benzene rings is 4. The SMILES string of the molecule is CCCCCCOc1cc(OCCCCCC)cc(-c2ccc(CF)cc2)c1.FOc1ccc2c(F)c(F)c(F)c(F)c2c1. The number of hydrogen-bond acceptors (Lipinski definition) is 3. The molecular weight excluding hydrogens is 582 g/mol. The normalized spacial score (nSPS) is 10.8. The minimum Gasteiger partial charge on any atom is -0.493 e. The maximum atomic E-state index is 13.2. The zero-order valence-electron chi connectivity index (χ0n) is 25.0. The minimum absolute atomic E-state index is 0.434. The Morgan fingerprint density at radius 3 is 1.57 bits per heavy atom. The molecule has 0 atom stereocenters. The average molecular weight is 621 g/mol. The number of ether oxygens (including phenoxy) is 2. The van der Waals surface area contributed by atoms with E-state index < -0.39 is 46.5 Å². The van der Waals surface area contributed by atoms with E-state index in [9.17, 15) is 26.5 Å². The second-order valence-electron chi connectivity index (χ2n) is 10.4. The monoisotopic (exact) mass is 620 g/mol. The van der Waals surface area contributed by atoms with Crippen LogP contribution in [-0.2, 0) is 6.67 Å². The highest BCUT2D eigenvalue weighted by atomic mass is 19.3. The van der Waals surface area contributed by atoms with Crippen LogP contribution >= 0.6 is 0 Å². The van der Waals surface area contributed by atoms with E-state index in [4.69, 9.17) is 9.47 Å². The van der Waals surface area contributed by atoms with E-state index in [2.05, 4.69) is 18.8 Å². The molecule has 0 saturated carbocycles. The molecule has 238 valence electrons. The van der Waals surface area contributed by atoms with Crippen LogP contribution < -0.4 is 14.4 Å². The molecule has 9 heteroatoms. The third-order valence-corrected chi connectivity index (χ3v) is 6.99. The summed E-state index contributed by atoms with van der Waals surface area (Å²) in [4.78, 5) is 3.28. The number of hydrogen-bond donors (Lipinski definition) is 0. The van der Waals surface area contributed by atoms with Crippen LogP contribution in [0.15, 0.2) is 60.7 Å². The van der Waals surface area contributed by atoms with Gasteiger partial charge in [0.25, 0.3) is 0 Å². The van der Waals surface area contributed by atoms with E-state index in [1.165, 1.54) is 38.5 Å². The summed E-state index contributed by atoms with van der Waals surface area (Å²) in [5, 5.41) is -1.08. The highest BCUT2D eigenvalue weighted by molar-refractivity contribution is 5.85. The molecular formula is C35H38F6O3. The first-order valence-electron chi connectivity index (χ1n) is 14.9. The maximum Gasteiger partial charge on any atom is 0.198 e. The van der Waals surface area contributed by atoms with Gasteiger partial charge in [0.15, 0.2) is 29.0 Å². The van der Waals surface area contributed by atoms with Crippen LogP contribution in [0.4, 0.5) is 26.5 Å². The molecule has 0 amide bonds. The van der Waals surface area contributed by atoms with Gasteiger partial charge in [-0.25, -0.2) is 22.0 Å². The summed E-state index contributed by atoms with van der Waals surface area (Å²) >= 11 is 0. The molecule has 0 aromatic heterocycles. The van der Waals surface area contributed by atoms with E-state index in [0.29, 0.717) is 5.56 Å². The predicted molar refractivity (Wildman–Crippen MR) is 161 cm³/mol. The number of halogens is 6. The Morgan fingerprint density at radius 1 is 0.523 bits per heavy atom. The summed E-state index contributed by atoms with van der Waals surface area (Å²) in [5.41, 5.74) is 2.78. The zero-order chi connectivity index (χ0) is 31.9. The molecule has 0 heterocycles. The maximum absolute atomic E-state index is 13.2. The minimum atomic E-state index is -1.94. The molecule has 0 spiro atoms. The molecule has 0 aliphatic carbocycles. The van der Waals surface area contributed by atoms with Crippen LogP contribution in [0.25, 0.3) is 21.9 Å². The molecule has 0 saturated heterocycles. The lowest BCUT2D eigenvalue weighted by atomic mass is 10.0. The van der Waals surface area contributed by atoms with Gasteiger partial charge in [-0.2, -0.15) is 0 Å². The van der Waals surface area contributed by atoms with Gasteiger partial charge in [0.05, 0.1) is 13.2 Å². The van der Waals surface area contributed by atoms with Gasteiger partial charge >= 0.3 is 0 Å². The lowest BCUT2D eigenvalue weighted by molar-refractivity contribution is -0.00605. The Morgan fingerprint density at radius 2 is 1.07 bits per heavy atom. The summed E-state index contributed by atoms with van der Waals surface area (Å²) in [5.74, 6) is -5.72. The van der Waals surface area contributed by atoms with Gasteiger partial charge in [0.1, 0.15) is 18.2 Å². The molecule has 4 rings (SSSR count). The van der Waals surface area contributed by atoms with Crippen molar-refractivity contribution in [3.63, 3.8) is 0 Å². The lowest BCUT2D eigenvalue weighted by Gasteiger charge is -2.13. The van der Waals surface area contributed by atoms with Crippen molar-refractivity contribution in [2.75, 3.05) is 13.2 Å². The molecule has 0 radical (unpaired) electrons. The molecule has 0 aliphatic rings. The van der Waals surface area contributed by atoms with E-state index >= 15 is 0 Å². The first kappa shape index (κ1) is 34.6. The number of rotatable bonds is 15. The predicted octanol–water partition coefficient (Wildman–Crippen LogP) is 11.4. The molecule has 0 aliphatic heterocycles. The van der Waals surface area contributed by atoms with Crippen LogP contribution in [0, 0.1) is 23.3 Å². The lowest BCUT2D eigenvalue weighted by Crippen LogP contribution is -2.00. The Hall–Kier alpha value is -3.88. The van der Waals surface area contributed by atoms with E-state index in [1.54, 1.807) is 0 Å². The first-order chi connectivity index (χ1) is 21.3. The van der Waals surface area contributed by atoms with E-state index in [-0.39, 0.29) is 0 Å². The second kappa shape index (κ2) is 18.0. The fraction of sp³-hybridized carbons (Fsp3) is 0.371. The van der Waals surface area contributed by atoms with Gasteiger partial charge in [0.2, 0.25) is 0 Å². The van der Waals surface area contributed by atoms with Gasteiger partial charge in [-0.15, -0.1) is 0 Å². The van der Waals surface area contributed by atoms with Crippen LogP contribution in [-0.4, -0.2) is 13.2 Å². The van der Waals surface area contributed by atoms with Crippen molar-refractivity contribution in [1.82, 2.24) is 0 Å². The molecule has 3 nitrogen and oxygen atoms in total. The smallest absolute Gasteiger partial charge is 0.198 e. The van der Waals surface area contributed by atoms with Crippen molar-refractivity contribution in [1.29, 1.82) is 0 Å². The summed E-state index contributed by atoms with van der Waals surface area (Å²) in [6.07, 6.45) is 9.46. The molecule has 0 unspecified atom stereocenters. The van der Waals surface area contributed by atoms with Crippen molar-refractivity contribution in [3.8, 4) is 28.4 Å². The summed E-state index contributed by atoms with van der Waals surface area (Å²) in [7, 11) is 0. The van der Waals surface area contributed by atoms with Gasteiger partial charge in [-0.3, -0.25) is 4.94 Å². The van der Waals surface area contributed by atoms with Gasteiger partial charge in [-0.05, 0) is 59.9 Å². The Labute approximate surface area is 254 Å². The standard InChI is InChI=1S/C25H35FO2.C10H3F5O/c1-3-5-7-9-15-27-24-17-23(22-13-11-21(20-26)12-14-22)18-25(19-24)28-16-10-8-6-4-2;11-7-5-2-1-4(16-15)3-6(5)8(12)10(14)9(7)13/h11-14,17-19H,3-10,15-16,20H2,1-2H3;1-3H. The number of fused-ring (bicyclic) bond motifs is 1. The zero-order valence-corrected chi connectivity index (χ0v) is 25.0. The average Bonchev–Trinajstić information content (AvgIpc) is 3.06. The van der Waals surface area contributed by atoms with E-state index in [0.717, 1.165) is 66.9 Å². The van der Waals surface area contributed by atoms with Crippen molar-refractivity contribution < 1.29 is 40.9 Å². The molecule has 4 aromatic carbocycles. The van der Waals surface area contributed by atoms with Gasteiger partial charge in [0, 0.05) is 21.4 Å². The van der Waals surface area contributed by atoms with Crippen LogP contribution in [0.5, 0.6) is 17.2 Å². The van der Waals surface area contributed by atoms with Crippen molar-refractivity contribution in [3.05, 3.63) is 89.5 Å². The number of alkyl halides is 1. The number of unbranched alkanes of at least 4 members (excludes halogenated alkanes) is 6. The van der Waals surface area contributed by atoms with Crippen molar-refractivity contribution in [2.45, 2.75) is 71.9 Å². The summed E-state index contributed by atoms with van der Waals surface area (Å²) in [6, 6.07) is 16.3. The second-order valence-corrected chi connectivity index (χ2v) is 10.4.